The van der Waals surface area contributed by atoms with Crippen molar-refractivity contribution < 1.29 is 13.2 Å². The molecule has 0 radical (unpaired) electrons. The van der Waals surface area contributed by atoms with Gasteiger partial charge < -0.3 is 5.32 Å². The molecule has 5 heteroatoms. The third-order valence-corrected chi connectivity index (χ3v) is 4.44. The van der Waals surface area contributed by atoms with Gasteiger partial charge in [-0.25, -0.2) is 8.42 Å². The summed E-state index contributed by atoms with van der Waals surface area (Å²) in [5, 5.41) is 3.22. The van der Waals surface area contributed by atoms with Crippen molar-refractivity contribution >= 4 is 15.6 Å². The Morgan fingerprint density at radius 1 is 1.32 bits per heavy atom. The van der Waals surface area contributed by atoms with Gasteiger partial charge in [0.15, 0.2) is 0 Å². The van der Waals surface area contributed by atoms with Crippen molar-refractivity contribution in [2.75, 3.05) is 12.0 Å². The Morgan fingerprint density at radius 3 is 2.68 bits per heavy atom. The summed E-state index contributed by atoms with van der Waals surface area (Å²) in [6.45, 7) is 0.707. The van der Waals surface area contributed by atoms with Gasteiger partial charge in [0.05, 0.1) is 11.8 Å². The fraction of sp³-hybridized carbons (Fsp3) is 0.500. The van der Waals surface area contributed by atoms with Crippen LogP contribution < -0.4 is 5.32 Å². The van der Waals surface area contributed by atoms with Gasteiger partial charge in [0, 0.05) is 19.2 Å². The molecule has 0 amide bonds. The zero-order valence-corrected chi connectivity index (χ0v) is 11.9. The van der Waals surface area contributed by atoms with Crippen molar-refractivity contribution in [3.63, 3.8) is 0 Å². The Labute approximate surface area is 114 Å². The van der Waals surface area contributed by atoms with E-state index < -0.39 is 9.84 Å². The van der Waals surface area contributed by atoms with Crippen LogP contribution in [-0.4, -0.2) is 32.3 Å². The number of carbonyl (C=O) groups excluding carboxylic acids is 1. The van der Waals surface area contributed by atoms with Crippen molar-refractivity contribution in [2.45, 2.75) is 31.8 Å². The highest BCUT2D eigenvalue weighted by molar-refractivity contribution is 7.90. The lowest BCUT2D eigenvalue weighted by Crippen LogP contribution is -2.41. The second-order valence-electron chi connectivity index (χ2n) is 5.11. The normalized spacial score (nSPS) is 18.9. The molecule has 1 aliphatic rings. The predicted octanol–water partition coefficient (Wildman–Crippen LogP) is 1.09. The molecule has 1 atom stereocenters. The second-order valence-corrected chi connectivity index (χ2v) is 7.37. The largest absolute Gasteiger partial charge is 0.303 e. The van der Waals surface area contributed by atoms with Crippen LogP contribution in [0.2, 0.25) is 0 Å². The van der Waals surface area contributed by atoms with Crippen LogP contribution in [-0.2, 0) is 27.6 Å². The van der Waals surface area contributed by atoms with E-state index in [2.05, 4.69) is 11.4 Å². The first-order valence-electron chi connectivity index (χ1n) is 6.46. The Balaban J connectivity index is 1.89. The zero-order valence-electron chi connectivity index (χ0n) is 11.1. The van der Waals surface area contributed by atoms with Crippen molar-refractivity contribution in [1.29, 1.82) is 0 Å². The lowest BCUT2D eigenvalue weighted by atomic mass is 9.92. The lowest BCUT2D eigenvalue weighted by Gasteiger charge is -2.25. The van der Waals surface area contributed by atoms with Crippen molar-refractivity contribution in [1.82, 2.24) is 5.32 Å². The van der Waals surface area contributed by atoms with E-state index in [9.17, 15) is 13.2 Å². The standard InChI is InChI=1S/C14H19NO3S/c1-19(17,18)8-4-7-14(16)13-9-11-5-2-3-6-12(11)10-15-13/h2-3,5-6,13,15H,4,7-10H2,1H3. The first-order chi connectivity index (χ1) is 8.96. The van der Waals surface area contributed by atoms with Gasteiger partial charge in [-0.05, 0) is 24.0 Å². The van der Waals surface area contributed by atoms with Gasteiger partial charge in [-0.1, -0.05) is 24.3 Å². The van der Waals surface area contributed by atoms with E-state index in [0.29, 0.717) is 25.8 Å². The minimum Gasteiger partial charge on any atom is -0.303 e. The van der Waals surface area contributed by atoms with E-state index in [4.69, 9.17) is 0 Å². The smallest absolute Gasteiger partial charge is 0.150 e. The minimum atomic E-state index is -2.97. The molecular formula is C14H19NO3S. The molecule has 104 valence electrons. The minimum absolute atomic E-state index is 0.0854. The fourth-order valence-corrected chi connectivity index (χ4v) is 3.03. The van der Waals surface area contributed by atoms with Crippen LogP contribution >= 0.6 is 0 Å². The van der Waals surface area contributed by atoms with Crippen LogP contribution in [0, 0.1) is 0 Å². The van der Waals surface area contributed by atoms with Gasteiger partial charge in [-0.15, -0.1) is 0 Å². The number of carbonyl (C=O) groups is 1. The van der Waals surface area contributed by atoms with Gasteiger partial charge in [0.1, 0.15) is 15.6 Å². The highest BCUT2D eigenvalue weighted by Crippen LogP contribution is 2.17. The summed E-state index contributed by atoms with van der Waals surface area (Å²) >= 11 is 0. The number of Topliss-reactive ketones (excluding diaryl/α,β-unsaturated/α-hetero) is 1. The Hall–Kier alpha value is -1.20. The highest BCUT2D eigenvalue weighted by atomic mass is 32.2. The van der Waals surface area contributed by atoms with Gasteiger partial charge >= 0.3 is 0 Å². The molecule has 4 nitrogen and oxygen atoms in total. The average Bonchev–Trinajstić information content (AvgIpc) is 2.36. The number of rotatable bonds is 5. The maximum atomic E-state index is 12.0. The van der Waals surface area contributed by atoms with Crippen LogP contribution in [0.5, 0.6) is 0 Å². The SMILES string of the molecule is CS(=O)(=O)CCCC(=O)C1Cc2ccccc2CN1. The second kappa shape index (κ2) is 5.84. The zero-order chi connectivity index (χ0) is 13.9. The molecule has 1 aliphatic heterocycles. The average molecular weight is 281 g/mol. The van der Waals surface area contributed by atoms with Gasteiger partial charge in [-0.3, -0.25) is 4.79 Å². The van der Waals surface area contributed by atoms with Crippen molar-refractivity contribution in [3.05, 3.63) is 35.4 Å². The summed E-state index contributed by atoms with van der Waals surface area (Å²) in [6.07, 6.45) is 2.64. The third-order valence-electron chi connectivity index (χ3n) is 3.41. The Kier molecular flexibility index (Phi) is 4.37. The maximum Gasteiger partial charge on any atom is 0.150 e. The predicted molar refractivity (Wildman–Crippen MR) is 74.7 cm³/mol. The monoisotopic (exact) mass is 281 g/mol. The molecule has 1 N–H and O–H groups in total. The van der Waals surface area contributed by atoms with Crippen LogP contribution in [0.1, 0.15) is 24.0 Å². The Bertz CT molecular complexity index is 566. The molecule has 1 aromatic rings. The Morgan fingerprint density at radius 2 is 2.00 bits per heavy atom. The first kappa shape index (κ1) is 14.2. The number of nitrogens with one attached hydrogen (secondary N) is 1. The number of benzene rings is 1. The number of sulfone groups is 1. The molecule has 0 saturated carbocycles. The highest BCUT2D eigenvalue weighted by Gasteiger charge is 2.23. The van der Waals surface area contributed by atoms with Crippen molar-refractivity contribution in [3.8, 4) is 0 Å². The molecule has 1 heterocycles. The first-order valence-corrected chi connectivity index (χ1v) is 8.52. The maximum absolute atomic E-state index is 12.0. The molecule has 1 aromatic carbocycles. The molecule has 1 unspecified atom stereocenters. The summed E-state index contributed by atoms with van der Waals surface area (Å²) in [5.41, 5.74) is 2.45. The van der Waals surface area contributed by atoms with E-state index in [0.717, 1.165) is 0 Å². The number of fused-ring (bicyclic) bond motifs is 1. The molecule has 2 rings (SSSR count). The molecule has 0 aliphatic carbocycles. The molecule has 0 fully saturated rings. The van der Waals surface area contributed by atoms with E-state index >= 15 is 0 Å². The molecular weight excluding hydrogens is 262 g/mol. The van der Waals surface area contributed by atoms with Crippen LogP contribution in [0.25, 0.3) is 0 Å². The van der Waals surface area contributed by atoms with Crippen LogP contribution in [0.4, 0.5) is 0 Å². The molecule has 19 heavy (non-hydrogen) atoms. The van der Waals surface area contributed by atoms with Gasteiger partial charge in [0.25, 0.3) is 0 Å². The summed E-state index contributed by atoms with van der Waals surface area (Å²) in [7, 11) is -2.97. The van der Waals surface area contributed by atoms with Gasteiger partial charge in [-0.2, -0.15) is 0 Å². The quantitative estimate of drug-likeness (QED) is 0.877. The van der Waals surface area contributed by atoms with Crippen molar-refractivity contribution in [2.24, 2.45) is 0 Å². The van der Waals surface area contributed by atoms with Crippen LogP contribution in [0.15, 0.2) is 24.3 Å². The summed E-state index contributed by atoms with van der Waals surface area (Å²) in [5.74, 6) is 0.195. The lowest BCUT2D eigenvalue weighted by molar-refractivity contribution is -0.121. The molecule has 0 saturated heterocycles. The summed E-state index contributed by atoms with van der Waals surface area (Å²) < 4.78 is 22.1. The fourth-order valence-electron chi connectivity index (χ4n) is 2.36. The summed E-state index contributed by atoms with van der Waals surface area (Å²) in [4.78, 5) is 12.0. The number of ketones is 1. The number of hydrogen-bond acceptors (Lipinski definition) is 4. The van der Waals surface area contributed by atoms with E-state index in [1.54, 1.807) is 0 Å². The van der Waals surface area contributed by atoms with Crippen LogP contribution in [0.3, 0.4) is 0 Å². The molecule has 0 bridgehead atoms. The number of hydrogen-bond donors (Lipinski definition) is 1. The molecule has 0 aromatic heterocycles. The summed E-state index contributed by atoms with van der Waals surface area (Å²) in [6, 6.07) is 7.92. The topological polar surface area (TPSA) is 63.2 Å². The van der Waals surface area contributed by atoms with E-state index in [-0.39, 0.29) is 17.6 Å². The van der Waals surface area contributed by atoms with E-state index in [1.165, 1.54) is 17.4 Å². The molecule has 0 spiro atoms. The van der Waals surface area contributed by atoms with Gasteiger partial charge in [0.2, 0.25) is 0 Å². The van der Waals surface area contributed by atoms with E-state index in [1.807, 2.05) is 18.2 Å². The third kappa shape index (κ3) is 4.14.